The molecular weight excluding hydrogens is 892 g/mol. The second-order valence-electron chi connectivity index (χ2n) is 11.8. The summed E-state index contributed by atoms with van der Waals surface area (Å²) in [5.74, 6) is 0.675. The molecule has 0 spiro atoms. The minimum atomic E-state index is -3.84. The minimum Gasteiger partial charge on any atom is -0.572 e. The van der Waals surface area contributed by atoms with E-state index in [-0.39, 0.29) is 30.9 Å². The molecule has 0 fully saturated rings. The van der Waals surface area contributed by atoms with Crippen molar-refractivity contribution in [2.45, 2.75) is 23.6 Å². The molecule has 0 aliphatic heterocycles. The summed E-state index contributed by atoms with van der Waals surface area (Å²) in [6.45, 7) is 3.80. The average Bonchev–Trinajstić information content (AvgIpc) is 3.77. The van der Waals surface area contributed by atoms with Gasteiger partial charge in [-0.3, -0.25) is 0 Å². The number of benzene rings is 6. The van der Waals surface area contributed by atoms with Crippen molar-refractivity contribution in [1.29, 1.82) is 0 Å². The summed E-state index contributed by atoms with van der Waals surface area (Å²) in [4.78, 5) is 9.17. The number of nitrogens with zero attached hydrogens (tertiary/aromatic N) is 4. The molecule has 0 N–H and O–H groups in total. The number of aromatic nitrogens is 2. The van der Waals surface area contributed by atoms with Gasteiger partial charge in [-0.2, -0.15) is 0 Å². The molecule has 8 aromatic rings. The van der Waals surface area contributed by atoms with Crippen molar-refractivity contribution >= 4 is 53.6 Å². The van der Waals surface area contributed by atoms with Gasteiger partial charge in [-0.15, -0.1) is 11.4 Å². The standard InChI is InChI=1S/2C20H15N2O3S.Pt/c2*1-14-10-12-15(13-11-14)26(23,24)22-17-7-3-2-6-16(17)20-21-18-8-4-5-9-19(18)25-20;/h2*2-13H,1H3;/q2*-1;+2. The monoisotopic (exact) mass is 921 g/mol. The van der Waals surface area contributed by atoms with E-state index in [9.17, 15) is 16.8 Å². The van der Waals surface area contributed by atoms with Crippen LogP contribution in [0.15, 0.2) is 164 Å². The summed E-state index contributed by atoms with van der Waals surface area (Å²) in [7, 11) is -7.67. The van der Waals surface area contributed by atoms with Crippen molar-refractivity contribution in [2.24, 2.45) is 0 Å². The van der Waals surface area contributed by atoms with Crippen LogP contribution in [0, 0.1) is 13.8 Å². The fourth-order valence-electron chi connectivity index (χ4n) is 5.23. The van der Waals surface area contributed by atoms with Crippen molar-refractivity contribution in [3.8, 4) is 22.9 Å². The predicted molar refractivity (Wildman–Crippen MR) is 202 cm³/mol. The Morgan fingerprint density at radius 2 is 0.792 bits per heavy atom. The van der Waals surface area contributed by atoms with Crippen LogP contribution in [0.3, 0.4) is 0 Å². The summed E-state index contributed by atoms with van der Waals surface area (Å²) < 4.78 is 70.2. The molecule has 0 amide bonds. The topological polar surface area (TPSA) is 149 Å². The van der Waals surface area contributed by atoms with E-state index in [1.165, 1.54) is 0 Å². The fourth-order valence-corrected chi connectivity index (χ4v) is 7.24. The zero-order valence-electron chi connectivity index (χ0n) is 28.2. The van der Waals surface area contributed by atoms with Crippen LogP contribution in [0.2, 0.25) is 0 Å². The van der Waals surface area contributed by atoms with Crippen LogP contribution in [0.1, 0.15) is 11.1 Å². The molecule has 2 heterocycles. The van der Waals surface area contributed by atoms with E-state index in [2.05, 4.69) is 19.4 Å². The number of para-hydroxylation sites is 4. The average molecular weight is 922 g/mol. The molecule has 0 bridgehead atoms. The van der Waals surface area contributed by atoms with Crippen molar-refractivity contribution < 1.29 is 46.7 Å². The molecule has 0 saturated carbocycles. The van der Waals surface area contributed by atoms with Gasteiger partial charge in [0.1, 0.15) is 31.1 Å². The quantitative estimate of drug-likeness (QED) is 0.146. The van der Waals surface area contributed by atoms with Crippen molar-refractivity contribution in [2.75, 3.05) is 0 Å². The molecule has 8 rings (SSSR count). The van der Waals surface area contributed by atoms with E-state index in [0.29, 0.717) is 56.5 Å². The first-order chi connectivity index (χ1) is 25.1. The van der Waals surface area contributed by atoms with E-state index in [4.69, 9.17) is 8.83 Å². The number of hydrogen-bond acceptors (Lipinski definition) is 8. The minimum absolute atomic E-state index is 0. The Hall–Kier alpha value is -5.55. The normalized spacial score (nSPS) is 11.4. The molecule has 0 atom stereocenters. The third-order valence-electron chi connectivity index (χ3n) is 7.93. The molecule has 0 aliphatic rings. The summed E-state index contributed by atoms with van der Waals surface area (Å²) in [5, 5.41) is 0. The molecule has 2 aromatic heterocycles. The van der Waals surface area contributed by atoms with Crippen LogP contribution >= 0.6 is 0 Å². The number of hydrogen-bond donors (Lipinski definition) is 0. The molecule has 0 radical (unpaired) electrons. The summed E-state index contributed by atoms with van der Waals surface area (Å²) in [6.07, 6.45) is 0. The van der Waals surface area contributed by atoms with E-state index < -0.39 is 20.0 Å². The molecular formula is C40H30N4O6PtS2. The van der Waals surface area contributed by atoms with Gasteiger partial charge < -0.3 is 18.3 Å². The molecule has 13 heteroatoms. The number of rotatable bonds is 8. The van der Waals surface area contributed by atoms with Gasteiger partial charge in [-0.25, -0.2) is 26.8 Å². The van der Waals surface area contributed by atoms with Crippen molar-refractivity contribution in [3.05, 3.63) is 166 Å². The molecule has 53 heavy (non-hydrogen) atoms. The van der Waals surface area contributed by atoms with Gasteiger partial charge in [0.15, 0.2) is 11.2 Å². The maximum atomic E-state index is 12.7. The number of oxazole rings is 2. The molecule has 0 unspecified atom stereocenters. The molecule has 6 aromatic carbocycles. The summed E-state index contributed by atoms with van der Waals surface area (Å²) in [5.41, 5.74) is 6.29. The second-order valence-corrected chi connectivity index (χ2v) is 15.0. The Balaban J connectivity index is 0.000000178. The molecule has 0 aliphatic carbocycles. The smallest absolute Gasteiger partial charge is 0.572 e. The van der Waals surface area contributed by atoms with E-state index in [0.717, 1.165) is 11.1 Å². The molecule has 10 nitrogen and oxygen atoms in total. The van der Waals surface area contributed by atoms with Crippen LogP contribution in [0.5, 0.6) is 0 Å². The molecule has 0 saturated heterocycles. The molecule has 268 valence electrons. The zero-order chi connectivity index (χ0) is 36.3. The maximum Gasteiger partial charge on any atom is 2.00 e. The first-order valence-corrected chi connectivity index (χ1v) is 18.9. The van der Waals surface area contributed by atoms with E-state index in [1.54, 1.807) is 97.1 Å². The van der Waals surface area contributed by atoms with Crippen molar-refractivity contribution in [1.82, 2.24) is 9.97 Å². The van der Waals surface area contributed by atoms with Gasteiger partial charge in [0.25, 0.3) is 0 Å². The van der Waals surface area contributed by atoms with E-state index in [1.807, 2.05) is 62.4 Å². The Kier molecular flexibility index (Phi) is 10.9. The Morgan fingerprint density at radius 3 is 1.17 bits per heavy atom. The van der Waals surface area contributed by atoms with Crippen LogP contribution in [0.25, 0.3) is 54.6 Å². The van der Waals surface area contributed by atoms with Gasteiger partial charge in [0.2, 0.25) is 11.8 Å². The third kappa shape index (κ3) is 8.41. The number of fused-ring (bicyclic) bond motifs is 2. The zero-order valence-corrected chi connectivity index (χ0v) is 32.1. The van der Waals surface area contributed by atoms with Crippen LogP contribution < -0.4 is 0 Å². The maximum absolute atomic E-state index is 12.7. The largest absolute Gasteiger partial charge is 2.00 e. The predicted octanol–water partition coefficient (Wildman–Crippen LogP) is 10.4. The van der Waals surface area contributed by atoms with Crippen molar-refractivity contribution in [3.63, 3.8) is 0 Å². The first-order valence-electron chi connectivity index (χ1n) is 16.1. The van der Waals surface area contributed by atoms with Gasteiger partial charge in [-0.1, -0.05) is 108 Å². The fraction of sp³-hybridized carbons (Fsp3) is 0.0500. The Labute approximate surface area is 321 Å². The summed E-state index contributed by atoms with van der Waals surface area (Å²) in [6, 6.07) is 41.8. The van der Waals surface area contributed by atoms with Gasteiger partial charge >= 0.3 is 21.1 Å². The van der Waals surface area contributed by atoms with Gasteiger partial charge in [0.05, 0.1) is 9.79 Å². The Morgan fingerprint density at radius 1 is 0.453 bits per heavy atom. The third-order valence-corrected chi connectivity index (χ3v) is 10.5. The SMILES string of the molecule is Cc1ccc(S(=O)(=O)[N-]c2ccccc2-c2nc3ccccc3o2)cc1.Cc1ccc(S(=O)(=O)[N-]c2ccccc2-c2nc3ccccc3o2)cc1.[Pt+2]. The Bertz CT molecular complexity index is 2490. The number of aryl methyl sites for hydroxylation is 2. The van der Waals surface area contributed by atoms with Crippen LogP contribution in [0.4, 0.5) is 11.4 Å². The van der Waals surface area contributed by atoms with Gasteiger partial charge in [-0.05, 0) is 62.4 Å². The van der Waals surface area contributed by atoms with Gasteiger partial charge in [0, 0.05) is 11.1 Å². The van der Waals surface area contributed by atoms with E-state index >= 15 is 0 Å². The van der Waals surface area contributed by atoms with Crippen LogP contribution in [-0.2, 0) is 41.1 Å². The number of sulfonamides is 2. The second kappa shape index (κ2) is 15.6. The van der Waals surface area contributed by atoms with Crippen LogP contribution in [-0.4, -0.2) is 26.8 Å². The summed E-state index contributed by atoms with van der Waals surface area (Å²) >= 11 is 0. The first kappa shape index (κ1) is 37.2.